The van der Waals surface area contributed by atoms with Crippen molar-refractivity contribution in [3.8, 4) is 0 Å². The van der Waals surface area contributed by atoms with Gasteiger partial charge in [-0.15, -0.1) is 0 Å². The molecule has 0 bridgehead atoms. The molecule has 0 fully saturated rings. The van der Waals surface area contributed by atoms with E-state index in [9.17, 15) is 5.11 Å². The van der Waals surface area contributed by atoms with E-state index in [0.29, 0.717) is 32.2 Å². The van der Waals surface area contributed by atoms with E-state index in [1.165, 1.54) is 96.3 Å². The third-order valence-electron chi connectivity index (χ3n) is 9.22. The molecule has 272 valence electrons. The lowest BCUT2D eigenvalue weighted by atomic mass is 9.80. The summed E-state index contributed by atoms with van der Waals surface area (Å²) in [7, 11) is 0. The second-order valence-corrected chi connectivity index (χ2v) is 14.5. The minimum absolute atomic E-state index is 0.418. The van der Waals surface area contributed by atoms with E-state index in [4.69, 9.17) is 14.2 Å². The van der Waals surface area contributed by atoms with Crippen molar-refractivity contribution in [2.24, 2.45) is 0 Å². The van der Waals surface area contributed by atoms with Gasteiger partial charge < -0.3 is 19.3 Å². The quantitative estimate of drug-likeness (QED) is 0.0538. The summed E-state index contributed by atoms with van der Waals surface area (Å²) in [5.74, 6) is 1.50. The molecule has 5 heteroatoms. The monoisotopic (exact) mass is 690 g/mol. The van der Waals surface area contributed by atoms with Crippen LogP contribution in [0.5, 0.6) is 0 Å². The molecule has 3 aromatic rings. The van der Waals surface area contributed by atoms with Crippen molar-refractivity contribution < 1.29 is 19.3 Å². The third kappa shape index (κ3) is 17.1. The van der Waals surface area contributed by atoms with Gasteiger partial charge in [-0.2, -0.15) is 11.8 Å². The van der Waals surface area contributed by atoms with Crippen LogP contribution in [0, 0.1) is 0 Å². The van der Waals surface area contributed by atoms with Crippen LogP contribution < -0.4 is 0 Å². The Morgan fingerprint density at radius 2 is 0.939 bits per heavy atom. The highest BCUT2D eigenvalue weighted by Gasteiger charge is 2.37. The summed E-state index contributed by atoms with van der Waals surface area (Å²) >= 11 is 1.71. The average Bonchev–Trinajstić information content (AvgIpc) is 3.15. The maximum absolute atomic E-state index is 10.3. The van der Waals surface area contributed by atoms with Crippen molar-refractivity contribution in [1.29, 1.82) is 0 Å². The molecule has 0 radical (unpaired) electrons. The molecule has 1 unspecified atom stereocenters. The van der Waals surface area contributed by atoms with Crippen LogP contribution >= 0.6 is 11.8 Å². The van der Waals surface area contributed by atoms with Gasteiger partial charge in [-0.3, -0.25) is 0 Å². The number of aliphatic hydroxyl groups excluding tert-OH is 1. The van der Waals surface area contributed by atoms with Gasteiger partial charge in [0.15, 0.2) is 0 Å². The Kier molecular flexibility index (Phi) is 23.2. The molecule has 3 aromatic carbocycles. The minimum atomic E-state index is -0.724. The number of unbranched alkanes of at least 4 members (excludes halogenated alkanes) is 15. The molecule has 49 heavy (non-hydrogen) atoms. The first-order valence-electron chi connectivity index (χ1n) is 19.5. The number of rotatable bonds is 31. The molecule has 0 amide bonds. The zero-order valence-electron chi connectivity index (χ0n) is 30.6. The van der Waals surface area contributed by atoms with E-state index < -0.39 is 11.7 Å². The maximum Gasteiger partial charge on any atom is 0.143 e. The average molecular weight is 691 g/mol. The Morgan fingerprint density at radius 1 is 0.510 bits per heavy atom. The van der Waals surface area contributed by atoms with Gasteiger partial charge in [-0.25, -0.2) is 0 Å². The van der Waals surface area contributed by atoms with E-state index >= 15 is 0 Å². The van der Waals surface area contributed by atoms with Gasteiger partial charge in [0.1, 0.15) is 5.60 Å². The molecule has 0 aliphatic carbocycles. The fourth-order valence-corrected chi connectivity index (χ4v) is 7.25. The zero-order chi connectivity index (χ0) is 34.5. The van der Waals surface area contributed by atoms with Crippen molar-refractivity contribution in [3.05, 3.63) is 108 Å². The number of hydrogen-bond acceptors (Lipinski definition) is 5. The molecule has 0 spiro atoms. The van der Waals surface area contributed by atoms with Crippen LogP contribution in [-0.4, -0.2) is 55.8 Å². The lowest BCUT2D eigenvalue weighted by Crippen LogP contribution is -2.34. The number of hydrogen-bond donors (Lipinski definition) is 1. The molecule has 0 aliphatic rings. The first-order chi connectivity index (χ1) is 24.3. The molecule has 1 N–H and O–H groups in total. The molecule has 3 rings (SSSR count). The number of ether oxygens (including phenoxy) is 3. The van der Waals surface area contributed by atoms with Gasteiger partial charge in [0, 0.05) is 18.1 Å². The third-order valence-corrected chi connectivity index (χ3v) is 10.3. The van der Waals surface area contributed by atoms with Crippen LogP contribution in [0.15, 0.2) is 91.0 Å². The van der Waals surface area contributed by atoms with Gasteiger partial charge >= 0.3 is 0 Å². The van der Waals surface area contributed by atoms with Crippen LogP contribution in [0.2, 0.25) is 0 Å². The van der Waals surface area contributed by atoms with Crippen LogP contribution in [-0.2, 0) is 19.8 Å². The van der Waals surface area contributed by atoms with Crippen LogP contribution in [0.3, 0.4) is 0 Å². The van der Waals surface area contributed by atoms with Crippen LogP contribution in [0.25, 0.3) is 0 Å². The molecule has 0 heterocycles. The summed E-state index contributed by atoms with van der Waals surface area (Å²) in [5.41, 5.74) is 2.55. The Balaban J connectivity index is 1.17. The largest absolute Gasteiger partial charge is 0.390 e. The van der Waals surface area contributed by atoms with E-state index in [1.54, 1.807) is 11.8 Å². The predicted molar refractivity (Wildman–Crippen MR) is 210 cm³/mol. The second-order valence-electron chi connectivity index (χ2n) is 13.3. The van der Waals surface area contributed by atoms with E-state index in [1.807, 2.05) is 18.2 Å². The van der Waals surface area contributed by atoms with Crippen LogP contribution in [0.1, 0.15) is 126 Å². The number of benzene rings is 3. The molecule has 4 nitrogen and oxygen atoms in total. The molecule has 0 saturated carbocycles. The highest BCUT2D eigenvalue weighted by molar-refractivity contribution is 7.99. The lowest BCUT2D eigenvalue weighted by Gasteiger charge is -2.36. The Hall–Kier alpha value is -2.15. The topological polar surface area (TPSA) is 47.9 Å². The van der Waals surface area contributed by atoms with Crippen molar-refractivity contribution in [3.63, 3.8) is 0 Å². The molecule has 0 aliphatic heterocycles. The van der Waals surface area contributed by atoms with Crippen molar-refractivity contribution in [2.75, 3.05) is 44.5 Å². The van der Waals surface area contributed by atoms with E-state index in [0.717, 1.165) is 35.5 Å². The van der Waals surface area contributed by atoms with Gasteiger partial charge in [-0.05, 0) is 23.1 Å². The number of thioether (sulfide) groups is 1. The lowest BCUT2D eigenvalue weighted by molar-refractivity contribution is -0.0214. The SMILES string of the molecule is CCCCCCCCCCCCCCCCCCOCC(O)CSCCOCCOC(c1ccccc1)(c1ccccc1)c1ccccc1. The normalized spacial score (nSPS) is 12.4. The first kappa shape index (κ1) is 41.3. The summed E-state index contributed by atoms with van der Waals surface area (Å²) in [4.78, 5) is 0. The standard InChI is InChI=1S/C44H66O4S/c1-2-3-4-5-6-7-8-9-10-11-12-13-14-15-16-26-33-47-38-43(45)39-49-37-36-46-34-35-48-44(40-27-20-17-21-28-40,41-29-22-18-23-30-41)42-31-24-19-25-32-42/h17-25,27-32,43,45H,2-16,26,33-39H2,1H3. The molecule has 0 saturated heterocycles. The Labute approximate surface area is 303 Å². The highest BCUT2D eigenvalue weighted by atomic mass is 32.2. The molecule has 0 aromatic heterocycles. The fraction of sp³-hybridized carbons (Fsp3) is 0.591. The second kappa shape index (κ2) is 27.6. The minimum Gasteiger partial charge on any atom is -0.390 e. The molecular formula is C44H66O4S. The van der Waals surface area contributed by atoms with Crippen LogP contribution in [0.4, 0.5) is 0 Å². The Bertz CT molecular complexity index is 1050. The predicted octanol–water partition coefficient (Wildman–Crippen LogP) is 11.4. The summed E-state index contributed by atoms with van der Waals surface area (Å²) in [6, 6.07) is 31.3. The molecule has 1 atom stereocenters. The highest BCUT2D eigenvalue weighted by Crippen LogP contribution is 2.40. The molecular weight excluding hydrogens is 625 g/mol. The van der Waals surface area contributed by atoms with E-state index in [2.05, 4.69) is 79.7 Å². The summed E-state index contributed by atoms with van der Waals surface area (Å²) in [6.07, 6.45) is 21.5. The van der Waals surface area contributed by atoms with Gasteiger partial charge in [0.25, 0.3) is 0 Å². The summed E-state index contributed by atoms with van der Waals surface area (Å²) in [5, 5.41) is 10.3. The van der Waals surface area contributed by atoms with Gasteiger partial charge in [0.05, 0.1) is 32.5 Å². The first-order valence-corrected chi connectivity index (χ1v) is 20.6. The van der Waals surface area contributed by atoms with Gasteiger partial charge in [0.2, 0.25) is 0 Å². The van der Waals surface area contributed by atoms with Crippen molar-refractivity contribution in [2.45, 2.75) is 121 Å². The smallest absolute Gasteiger partial charge is 0.143 e. The zero-order valence-corrected chi connectivity index (χ0v) is 31.4. The van der Waals surface area contributed by atoms with Crippen molar-refractivity contribution >= 4 is 11.8 Å². The van der Waals surface area contributed by atoms with Crippen molar-refractivity contribution in [1.82, 2.24) is 0 Å². The fourth-order valence-electron chi connectivity index (χ4n) is 6.48. The summed E-state index contributed by atoms with van der Waals surface area (Å²) in [6.45, 7) is 5.03. The van der Waals surface area contributed by atoms with E-state index in [-0.39, 0.29) is 0 Å². The Morgan fingerprint density at radius 3 is 1.39 bits per heavy atom. The van der Waals surface area contributed by atoms with Gasteiger partial charge in [-0.1, -0.05) is 194 Å². The summed E-state index contributed by atoms with van der Waals surface area (Å²) < 4.78 is 18.5. The maximum atomic E-state index is 10.3. The number of aliphatic hydroxyl groups is 1.